The van der Waals surface area contributed by atoms with Gasteiger partial charge in [-0.1, -0.05) is 270 Å². The molecule has 1 fully saturated rings. The highest BCUT2D eigenvalue weighted by atomic mass is 16.6. The van der Waals surface area contributed by atoms with Crippen LogP contribution in [-0.2, 0) is 9.53 Å². The second-order valence-corrected chi connectivity index (χ2v) is 18.6. The normalized spacial score (nSPS) is 17.2. The Labute approximate surface area is 351 Å². The van der Waals surface area contributed by atoms with Gasteiger partial charge in [0.05, 0.1) is 5.57 Å². The Kier molecular flexibility index (Phi) is 38.4. The van der Waals surface area contributed by atoms with E-state index >= 15 is 0 Å². The van der Waals surface area contributed by atoms with Crippen molar-refractivity contribution in [1.82, 2.24) is 0 Å². The van der Waals surface area contributed by atoms with E-state index in [1.54, 1.807) is 0 Å². The fourth-order valence-electron chi connectivity index (χ4n) is 8.85. The smallest absolute Gasteiger partial charge is 0.336 e. The maximum Gasteiger partial charge on any atom is 0.336 e. The molecule has 0 radical (unpaired) electrons. The highest BCUT2D eigenvalue weighted by Crippen LogP contribution is 2.34. The van der Waals surface area contributed by atoms with Gasteiger partial charge in [0.2, 0.25) is 0 Å². The molecule has 2 atom stereocenters. The molecule has 0 spiro atoms. The Hall–Kier alpha value is -1.09. The Balaban J connectivity index is 1.64. The first-order valence-electron chi connectivity index (χ1n) is 25.8. The number of hydrogen-bond acceptors (Lipinski definition) is 3. The van der Waals surface area contributed by atoms with Gasteiger partial charge in [0.25, 0.3) is 0 Å². The first-order valence-corrected chi connectivity index (χ1v) is 25.8. The molecular weight excluding hydrogens is 685 g/mol. The average Bonchev–Trinajstić information content (AvgIpc) is 3.39. The summed E-state index contributed by atoms with van der Waals surface area (Å²) in [4.78, 5) is 11.6. The van der Waals surface area contributed by atoms with E-state index in [9.17, 15) is 9.90 Å². The van der Waals surface area contributed by atoms with Crippen molar-refractivity contribution in [2.24, 2.45) is 0 Å². The summed E-state index contributed by atoms with van der Waals surface area (Å²) in [6.45, 7) is 7.78. The van der Waals surface area contributed by atoms with Crippen LogP contribution in [0.2, 0.25) is 0 Å². The van der Waals surface area contributed by atoms with Crippen LogP contribution in [-0.4, -0.2) is 22.8 Å². The predicted octanol–water partition coefficient (Wildman–Crippen LogP) is 18.0. The van der Waals surface area contributed by atoms with Crippen LogP contribution in [0.15, 0.2) is 24.3 Å². The largest absolute Gasteiger partial charge is 0.453 e. The van der Waals surface area contributed by atoms with E-state index in [4.69, 9.17) is 4.74 Å². The Bertz CT molecular complexity index is 878. The standard InChI is InChI=1S/C53H100O3/c1-4-5-6-7-8-9-10-11-12-13-14-15-16-17-18-19-20-21-22-23-24-25-26-27-28-29-30-31-32-33-34-35-36-37-38-39-40-41-42-43-44-45-46-47-48-49-53(3)51(54)50(2)52(55)56-53/h13-14,51,54H,2,4-12,15-49H2,1,3H3/b14-13+/t51?,53-/m1/s1. The zero-order valence-corrected chi connectivity index (χ0v) is 38.3. The summed E-state index contributed by atoms with van der Waals surface area (Å²) < 4.78 is 5.37. The van der Waals surface area contributed by atoms with E-state index in [1.807, 2.05) is 6.92 Å². The molecule has 1 unspecified atom stereocenters. The maximum atomic E-state index is 11.6. The summed E-state index contributed by atoms with van der Waals surface area (Å²) in [7, 11) is 0. The first kappa shape index (κ1) is 52.9. The number of ether oxygens (including phenoxy) is 1. The molecule has 1 rings (SSSR count). The van der Waals surface area contributed by atoms with Crippen LogP contribution < -0.4 is 0 Å². The zero-order chi connectivity index (χ0) is 40.5. The summed E-state index contributed by atoms with van der Waals surface area (Å²) in [5, 5.41) is 10.2. The summed E-state index contributed by atoms with van der Waals surface area (Å²) in [5.74, 6) is -0.438. The molecule has 1 aliphatic heterocycles. The molecule has 330 valence electrons. The fraction of sp³-hybridized carbons (Fsp3) is 0.906. The number of rotatable bonds is 45. The van der Waals surface area contributed by atoms with Crippen molar-refractivity contribution in [3.8, 4) is 0 Å². The molecule has 1 heterocycles. The van der Waals surface area contributed by atoms with E-state index < -0.39 is 17.7 Å². The van der Waals surface area contributed by atoms with Gasteiger partial charge in [0.1, 0.15) is 11.7 Å². The third kappa shape index (κ3) is 32.8. The van der Waals surface area contributed by atoms with E-state index in [2.05, 4.69) is 25.7 Å². The minimum atomic E-state index is -0.850. The molecule has 3 heteroatoms. The number of cyclic esters (lactones) is 1. The van der Waals surface area contributed by atoms with Gasteiger partial charge in [0, 0.05) is 0 Å². The van der Waals surface area contributed by atoms with E-state index in [0.717, 1.165) is 19.3 Å². The molecule has 3 nitrogen and oxygen atoms in total. The molecule has 1 aliphatic rings. The molecule has 56 heavy (non-hydrogen) atoms. The third-order valence-electron chi connectivity index (χ3n) is 12.9. The van der Waals surface area contributed by atoms with Crippen molar-refractivity contribution >= 4 is 5.97 Å². The summed E-state index contributed by atoms with van der Waals surface area (Å²) >= 11 is 0. The Morgan fingerprint density at radius 1 is 0.446 bits per heavy atom. The van der Waals surface area contributed by atoms with Gasteiger partial charge in [-0.2, -0.15) is 0 Å². The second-order valence-electron chi connectivity index (χ2n) is 18.6. The second kappa shape index (κ2) is 40.7. The predicted molar refractivity (Wildman–Crippen MR) is 248 cm³/mol. The molecule has 0 amide bonds. The highest BCUT2D eigenvalue weighted by Gasteiger charge is 2.47. The van der Waals surface area contributed by atoms with Gasteiger partial charge in [0.15, 0.2) is 0 Å². The number of carbonyl (C=O) groups excluding carboxylic acids is 1. The number of aliphatic hydroxyl groups excluding tert-OH is 1. The molecule has 0 aromatic rings. The van der Waals surface area contributed by atoms with Crippen LogP contribution in [0.25, 0.3) is 0 Å². The van der Waals surface area contributed by atoms with Gasteiger partial charge in [-0.25, -0.2) is 4.79 Å². The highest BCUT2D eigenvalue weighted by molar-refractivity contribution is 5.92. The van der Waals surface area contributed by atoms with Gasteiger partial charge in [-0.05, 0) is 45.4 Å². The number of unbranched alkanes of at least 4 members (excludes halogenated alkanes) is 41. The molecule has 0 bridgehead atoms. The lowest BCUT2D eigenvalue weighted by molar-refractivity contribution is -0.149. The van der Waals surface area contributed by atoms with Crippen molar-refractivity contribution in [2.75, 3.05) is 0 Å². The van der Waals surface area contributed by atoms with Gasteiger partial charge in [-0.15, -0.1) is 0 Å². The SMILES string of the molecule is C=C1C(=O)O[C@](C)(CCCCCCCCCCCCCCCCCCCCCCCCCCCCCCCCCCC/C=C/CCCCCCCCCC)C1O. The quantitative estimate of drug-likeness (QED) is 0.0289. The van der Waals surface area contributed by atoms with Crippen LogP contribution in [0.1, 0.15) is 296 Å². The van der Waals surface area contributed by atoms with Crippen molar-refractivity contribution < 1.29 is 14.6 Å². The van der Waals surface area contributed by atoms with Crippen LogP contribution in [0.5, 0.6) is 0 Å². The zero-order valence-electron chi connectivity index (χ0n) is 38.3. The number of allylic oxidation sites excluding steroid dienone is 2. The molecule has 1 N–H and O–H groups in total. The molecule has 0 aromatic heterocycles. The minimum Gasteiger partial charge on any atom is -0.453 e. The van der Waals surface area contributed by atoms with Crippen LogP contribution in [0, 0.1) is 0 Å². The van der Waals surface area contributed by atoms with Crippen molar-refractivity contribution in [1.29, 1.82) is 0 Å². The molecule has 0 saturated carbocycles. The molecule has 1 saturated heterocycles. The van der Waals surface area contributed by atoms with E-state index in [0.29, 0.717) is 0 Å². The summed E-state index contributed by atoms with van der Waals surface area (Å²) in [6.07, 6.45) is 65.4. The van der Waals surface area contributed by atoms with Crippen LogP contribution >= 0.6 is 0 Å². The van der Waals surface area contributed by atoms with Crippen LogP contribution in [0.3, 0.4) is 0 Å². The van der Waals surface area contributed by atoms with E-state index in [-0.39, 0.29) is 5.57 Å². The first-order chi connectivity index (χ1) is 27.5. The van der Waals surface area contributed by atoms with Crippen molar-refractivity contribution in [2.45, 2.75) is 308 Å². The molecular formula is C53H100O3. The lowest BCUT2D eigenvalue weighted by Crippen LogP contribution is -2.36. The average molecular weight is 785 g/mol. The monoisotopic (exact) mass is 785 g/mol. The van der Waals surface area contributed by atoms with Crippen molar-refractivity contribution in [3.05, 3.63) is 24.3 Å². The lowest BCUT2D eigenvalue weighted by atomic mass is 9.90. The number of esters is 1. The Morgan fingerprint density at radius 2 is 0.679 bits per heavy atom. The fourth-order valence-corrected chi connectivity index (χ4v) is 8.85. The number of aliphatic hydroxyl groups is 1. The third-order valence-corrected chi connectivity index (χ3v) is 12.9. The lowest BCUT2D eigenvalue weighted by Gasteiger charge is -2.25. The van der Waals surface area contributed by atoms with Gasteiger partial charge >= 0.3 is 5.97 Å². The van der Waals surface area contributed by atoms with Crippen LogP contribution in [0.4, 0.5) is 0 Å². The van der Waals surface area contributed by atoms with Gasteiger partial charge < -0.3 is 9.84 Å². The topological polar surface area (TPSA) is 46.5 Å². The van der Waals surface area contributed by atoms with Crippen molar-refractivity contribution in [3.63, 3.8) is 0 Å². The summed E-state index contributed by atoms with van der Waals surface area (Å²) in [6, 6.07) is 0. The maximum absolute atomic E-state index is 11.6. The molecule has 0 aliphatic carbocycles. The van der Waals surface area contributed by atoms with Gasteiger partial charge in [-0.3, -0.25) is 0 Å². The number of hydrogen-bond donors (Lipinski definition) is 1. The number of carbonyl (C=O) groups is 1. The summed E-state index contributed by atoms with van der Waals surface area (Å²) in [5.41, 5.74) is -0.559. The minimum absolute atomic E-state index is 0.208. The van der Waals surface area contributed by atoms with E-state index in [1.165, 1.54) is 263 Å². The molecule has 0 aromatic carbocycles. The Morgan fingerprint density at radius 3 is 0.911 bits per heavy atom.